The lowest BCUT2D eigenvalue weighted by Gasteiger charge is -2.13. The number of aliphatic hydroxyl groups is 1. The number of rotatable bonds is 6. The van der Waals surface area contributed by atoms with Crippen molar-refractivity contribution in [2.45, 2.75) is 24.5 Å². The lowest BCUT2D eigenvalue weighted by Crippen LogP contribution is -2.26. The van der Waals surface area contributed by atoms with E-state index in [0.29, 0.717) is 17.1 Å². The smallest absolute Gasteiger partial charge is 0.241 e. The minimum atomic E-state index is -3.72. The highest BCUT2D eigenvalue weighted by Gasteiger charge is 2.21. The third-order valence-corrected chi connectivity index (χ3v) is 4.57. The van der Waals surface area contributed by atoms with Crippen LogP contribution in [0.1, 0.15) is 24.3 Å². The molecule has 0 aliphatic heterocycles. The van der Waals surface area contributed by atoms with E-state index in [-0.39, 0.29) is 11.5 Å². The number of furan rings is 1. The predicted octanol–water partition coefficient (Wildman–Crippen LogP) is 1.82. The Labute approximate surface area is 123 Å². The summed E-state index contributed by atoms with van der Waals surface area (Å²) in [6, 6.07) is 7.21. The van der Waals surface area contributed by atoms with Crippen molar-refractivity contribution in [3.8, 4) is 5.75 Å². The number of ether oxygens (including phenoxy) is 1. The first-order valence-corrected chi connectivity index (χ1v) is 7.79. The van der Waals surface area contributed by atoms with Crippen molar-refractivity contribution in [1.29, 1.82) is 0 Å². The average molecular weight is 311 g/mol. The summed E-state index contributed by atoms with van der Waals surface area (Å²) in [6.07, 6.45) is 1.48. The molecule has 1 aromatic carbocycles. The summed E-state index contributed by atoms with van der Waals surface area (Å²) in [5.41, 5.74) is 0.408. The van der Waals surface area contributed by atoms with Crippen molar-refractivity contribution in [1.82, 2.24) is 4.72 Å². The van der Waals surface area contributed by atoms with E-state index in [1.165, 1.54) is 31.6 Å². The SMILES string of the molecule is COc1ccc(S(=O)(=O)NC(C)c2ccco2)cc1CO. The quantitative estimate of drug-likeness (QED) is 0.849. The van der Waals surface area contributed by atoms with Crippen LogP contribution in [0.3, 0.4) is 0 Å². The summed E-state index contributed by atoms with van der Waals surface area (Å²) in [7, 11) is -2.26. The highest BCUT2D eigenvalue weighted by Crippen LogP contribution is 2.24. The van der Waals surface area contributed by atoms with Crippen LogP contribution in [-0.2, 0) is 16.6 Å². The minimum Gasteiger partial charge on any atom is -0.496 e. The second-order valence-corrected chi connectivity index (χ2v) is 6.20. The van der Waals surface area contributed by atoms with Gasteiger partial charge in [-0.15, -0.1) is 0 Å². The van der Waals surface area contributed by atoms with Crippen molar-refractivity contribution in [2.24, 2.45) is 0 Å². The van der Waals surface area contributed by atoms with Gasteiger partial charge in [-0.3, -0.25) is 0 Å². The lowest BCUT2D eigenvalue weighted by molar-refractivity contribution is 0.273. The van der Waals surface area contributed by atoms with Crippen molar-refractivity contribution in [2.75, 3.05) is 7.11 Å². The van der Waals surface area contributed by atoms with E-state index in [4.69, 9.17) is 9.15 Å². The van der Waals surface area contributed by atoms with Gasteiger partial charge in [0.2, 0.25) is 10.0 Å². The number of nitrogens with one attached hydrogen (secondary N) is 1. The van der Waals surface area contributed by atoms with E-state index < -0.39 is 16.1 Å². The molecule has 1 heterocycles. The van der Waals surface area contributed by atoms with Gasteiger partial charge in [0.25, 0.3) is 0 Å². The van der Waals surface area contributed by atoms with Crippen molar-refractivity contribution in [3.63, 3.8) is 0 Å². The van der Waals surface area contributed by atoms with Gasteiger partial charge in [-0.05, 0) is 37.3 Å². The summed E-state index contributed by atoms with van der Waals surface area (Å²) >= 11 is 0. The Morgan fingerprint density at radius 2 is 2.14 bits per heavy atom. The molecule has 0 radical (unpaired) electrons. The van der Waals surface area contributed by atoms with Crippen molar-refractivity contribution >= 4 is 10.0 Å². The Hall–Kier alpha value is -1.83. The summed E-state index contributed by atoms with van der Waals surface area (Å²) < 4.78 is 37.4. The molecule has 2 rings (SSSR count). The molecule has 0 aliphatic carbocycles. The van der Waals surface area contributed by atoms with Crippen LogP contribution in [-0.4, -0.2) is 20.6 Å². The van der Waals surface area contributed by atoms with Crippen LogP contribution >= 0.6 is 0 Å². The number of methoxy groups -OCH3 is 1. The molecule has 2 N–H and O–H groups in total. The van der Waals surface area contributed by atoms with Crippen LogP contribution in [0.2, 0.25) is 0 Å². The highest BCUT2D eigenvalue weighted by atomic mass is 32.2. The van der Waals surface area contributed by atoms with E-state index in [2.05, 4.69) is 4.72 Å². The van der Waals surface area contributed by atoms with E-state index in [9.17, 15) is 13.5 Å². The molecule has 1 atom stereocenters. The first-order chi connectivity index (χ1) is 9.97. The Morgan fingerprint density at radius 3 is 2.71 bits per heavy atom. The Balaban J connectivity index is 2.27. The molecule has 114 valence electrons. The summed E-state index contributed by atoms with van der Waals surface area (Å²) in [4.78, 5) is 0.0609. The number of sulfonamides is 1. The second-order valence-electron chi connectivity index (χ2n) is 4.49. The zero-order valence-electron chi connectivity index (χ0n) is 11.7. The second kappa shape index (κ2) is 6.30. The van der Waals surface area contributed by atoms with Crippen LogP contribution in [0.5, 0.6) is 5.75 Å². The number of benzene rings is 1. The minimum absolute atomic E-state index is 0.0609. The number of hydrogen-bond acceptors (Lipinski definition) is 5. The third kappa shape index (κ3) is 3.44. The van der Waals surface area contributed by atoms with E-state index in [0.717, 1.165) is 0 Å². The Morgan fingerprint density at radius 1 is 1.38 bits per heavy atom. The maximum absolute atomic E-state index is 12.3. The summed E-state index contributed by atoms with van der Waals surface area (Å²) in [5.74, 6) is 0.963. The largest absolute Gasteiger partial charge is 0.496 e. The maximum atomic E-state index is 12.3. The number of aliphatic hydroxyl groups excluding tert-OH is 1. The molecule has 7 heteroatoms. The highest BCUT2D eigenvalue weighted by molar-refractivity contribution is 7.89. The molecule has 0 saturated carbocycles. The summed E-state index contributed by atoms with van der Waals surface area (Å²) in [6.45, 7) is 1.38. The van der Waals surface area contributed by atoms with Gasteiger partial charge in [0.15, 0.2) is 0 Å². The van der Waals surface area contributed by atoms with Crippen LogP contribution in [0.4, 0.5) is 0 Å². The standard InChI is InChI=1S/C14H17NO5S/c1-10(13-4-3-7-20-13)15-21(17,18)12-5-6-14(19-2)11(8-12)9-16/h3-8,10,15-16H,9H2,1-2H3. The molecule has 1 aromatic heterocycles. The summed E-state index contributed by atoms with van der Waals surface area (Å²) in [5, 5.41) is 9.26. The van der Waals surface area contributed by atoms with E-state index in [1.54, 1.807) is 19.1 Å². The van der Waals surface area contributed by atoms with Crippen LogP contribution in [0.15, 0.2) is 45.9 Å². The zero-order valence-corrected chi connectivity index (χ0v) is 12.6. The molecule has 21 heavy (non-hydrogen) atoms. The van der Waals surface area contributed by atoms with Crippen molar-refractivity contribution in [3.05, 3.63) is 47.9 Å². The molecule has 0 fully saturated rings. The Kier molecular flexibility index (Phi) is 4.66. The van der Waals surface area contributed by atoms with E-state index >= 15 is 0 Å². The van der Waals surface area contributed by atoms with Gasteiger partial charge in [-0.1, -0.05) is 0 Å². The van der Waals surface area contributed by atoms with Gasteiger partial charge in [-0.25, -0.2) is 13.1 Å². The molecule has 0 spiro atoms. The molecular weight excluding hydrogens is 294 g/mol. The predicted molar refractivity (Wildman–Crippen MR) is 76.4 cm³/mol. The first kappa shape index (κ1) is 15.6. The fraction of sp³-hybridized carbons (Fsp3) is 0.286. The van der Waals surface area contributed by atoms with E-state index in [1.807, 2.05) is 0 Å². The number of hydrogen-bond donors (Lipinski definition) is 2. The third-order valence-electron chi connectivity index (χ3n) is 3.03. The van der Waals surface area contributed by atoms with Gasteiger partial charge < -0.3 is 14.3 Å². The van der Waals surface area contributed by atoms with Crippen molar-refractivity contribution < 1.29 is 22.7 Å². The molecule has 0 saturated heterocycles. The van der Waals surface area contributed by atoms with Gasteiger partial charge in [0, 0.05) is 5.56 Å². The Bertz CT molecular complexity index is 694. The fourth-order valence-electron chi connectivity index (χ4n) is 1.94. The molecule has 0 amide bonds. The molecule has 1 unspecified atom stereocenters. The molecular formula is C14H17NO5S. The van der Waals surface area contributed by atoms with Crippen LogP contribution < -0.4 is 9.46 Å². The van der Waals surface area contributed by atoms with Crippen LogP contribution in [0.25, 0.3) is 0 Å². The lowest BCUT2D eigenvalue weighted by atomic mass is 10.2. The maximum Gasteiger partial charge on any atom is 0.241 e. The van der Waals surface area contributed by atoms with Gasteiger partial charge in [0.1, 0.15) is 11.5 Å². The molecule has 0 bridgehead atoms. The average Bonchev–Trinajstić information content (AvgIpc) is 3.00. The molecule has 0 aliphatic rings. The van der Waals surface area contributed by atoms with Gasteiger partial charge in [0.05, 0.1) is 30.9 Å². The topological polar surface area (TPSA) is 88.8 Å². The van der Waals surface area contributed by atoms with Gasteiger partial charge >= 0.3 is 0 Å². The normalized spacial score (nSPS) is 13.1. The monoisotopic (exact) mass is 311 g/mol. The fourth-order valence-corrected chi connectivity index (χ4v) is 3.20. The van der Waals surface area contributed by atoms with Crippen LogP contribution in [0, 0.1) is 0 Å². The zero-order chi connectivity index (χ0) is 15.5. The first-order valence-electron chi connectivity index (χ1n) is 6.31. The molecule has 6 nitrogen and oxygen atoms in total. The van der Waals surface area contributed by atoms with Gasteiger partial charge in [-0.2, -0.15) is 0 Å². The molecule has 2 aromatic rings.